The predicted octanol–water partition coefficient (Wildman–Crippen LogP) is 3.95. The monoisotopic (exact) mass is 397 g/mol. The Bertz CT molecular complexity index is 889. The molecule has 1 atom stereocenters. The molecule has 0 radical (unpaired) electrons. The van der Waals surface area contributed by atoms with Gasteiger partial charge in [-0.25, -0.2) is 4.99 Å². The number of hydrogen-bond acceptors (Lipinski definition) is 5. The van der Waals surface area contributed by atoms with Gasteiger partial charge in [-0.15, -0.1) is 0 Å². The molecule has 3 rings (SSSR count). The average molecular weight is 398 g/mol. The lowest BCUT2D eigenvalue weighted by Crippen LogP contribution is -2.28. The number of hydrogen-bond donors (Lipinski definition) is 2. The first-order valence-corrected chi connectivity index (χ1v) is 9.99. The Labute approximate surface area is 168 Å². The van der Waals surface area contributed by atoms with E-state index in [0.717, 1.165) is 22.6 Å². The van der Waals surface area contributed by atoms with Gasteiger partial charge < -0.3 is 15.4 Å². The van der Waals surface area contributed by atoms with Crippen molar-refractivity contribution in [3.63, 3.8) is 0 Å². The molecule has 0 aromatic heterocycles. The van der Waals surface area contributed by atoms with Gasteiger partial charge in [0.25, 0.3) is 0 Å². The minimum absolute atomic E-state index is 0.0899. The molecule has 2 N–H and O–H groups in total. The van der Waals surface area contributed by atoms with Crippen LogP contribution in [0.2, 0.25) is 0 Å². The Hall–Kier alpha value is -2.80. The highest BCUT2D eigenvalue weighted by Crippen LogP contribution is 2.27. The van der Waals surface area contributed by atoms with E-state index in [4.69, 9.17) is 4.74 Å². The molecule has 0 spiro atoms. The van der Waals surface area contributed by atoms with Gasteiger partial charge in [0, 0.05) is 12.1 Å². The van der Waals surface area contributed by atoms with E-state index in [0.29, 0.717) is 17.5 Å². The first kappa shape index (κ1) is 19.9. The zero-order valence-electron chi connectivity index (χ0n) is 16.1. The van der Waals surface area contributed by atoms with Gasteiger partial charge in [0.2, 0.25) is 11.8 Å². The van der Waals surface area contributed by atoms with Crippen molar-refractivity contribution in [2.24, 2.45) is 4.99 Å². The minimum atomic E-state index is -0.495. The van der Waals surface area contributed by atoms with Crippen molar-refractivity contribution in [3.05, 3.63) is 53.6 Å². The van der Waals surface area contributed by atoms with Crippen molar-refractivity contribution in [2.75, 3.05) is 11.9 Å². The van der Waals surface area contributed by atoms with Gasteiger partial charge in [-0.3, -0.25) is 9.59 Å². The summed E-state index contributed by atoms with van der Waals surface area (Å²) >= 11 is 1.27. The third kappa shape index (κ3) is 4.92. The van der Waals surface area contributed by atoms with Crippen LogP contribution < -0.4 is 15.4 Å². The summed E-state index contributed by atoms with van der Waals surface area (Å²) < 4.78 is 5.41. The van der Waals surface area contributed by atoms with Gasteiger partial charge in [0.05, 0.1) is 12.3 Å². The number of nitrogens with one attached hydrogen (secondary N) is 2. The number of amidine groups is 1. The molecule has 7 heteroatoms. The van der Waals surface area contributed by atoms with Gasteiger partial charge in [-0.05, 0) is 56.2 Å². The molecule has 6 nitrogen and oxygen atoms in total. The van der Waals surface area contributed by atoms with E-state index in [1.54, 1.807) is 0 Å². The lowest BCUT2D eigenvalue weighted by molar-refractivity contribution is -0.122. The number of carbonyl (C=O) groups excluding carboxylic acids is 2. The molecule has 1 heterocycles. The SMILES string of the molecule is CCOc1ccc(N=C2NC(=O)[C@@H](CC(=O)Nc3c(C)cccc3C)S2)cc1. The first-order chi connectivity index (χ1) is 13.5. The molecule has 2 aromatic rings. The number of amides is 2. The largest absolute Gasteiger partial charge is 0.494 e. The fraction of sp³-hybridized carbons (Fsp3) is 0.286. The Balaban J connectivity index is 1.61. The second-order valence-electron chi connectivity index (χ2n) is 6.46. The molecule has 1 aliphatic rings. The van der Waals surface area contributed by atoms with Crippen LogP contribution in [-0.4, -0.2) is 28.8 Å². The van der Waals surface area contributed by atoms with Gasteiger partial charge in [0.1, 0.15) is 11.0 Å². The molecule has 0 saturated carbocycles. The summed E-state index contributed by atoms with van der Waals surface area (Å²) in [6.45, 7) is 6.42. The topological polar surface area (TPSA) is 79.8 Å². The van der Waals surface area contributed by atoms with Crippen molar-refractivity contribution < 1.29 is 14.3 Å². The quantitative estimate of drug-likeness (QED) is 0.773. The lowest BCUT2D eigenvalue weighted by atomic mass is 10.1. The summed E-state index contributed by atoms with van der Waals surface area (Å²) in [5, 5.41) is 5.67. The van der Waals surface area contributed by atoms with E-state index in [9.17, 15) is 9.59 Å². The molecule has 2 aromatic carbocycles. The first-order valence-electron chi connectivity index (χ1n) is 9.11. The molecule has 0 bridgehead atoms. The van der Waals surface area contributed by atoms with Crippen molar-refractivity contribution >= 4 is 40.1 Å². The molecule has 0 aliphatic carbocycles. The maximum atomic E-state index is 12.4. The zero-order chi connectivity index (χ0) is 20.1. The maximum Gasteiger partial charge on any atom is 0.240 e. The van der Waals surface area contributed by atoms with Crippen molar-refractivity contribution in [3.8, 4) is 5.75 Å². The van der Waals surface area contributed by atoms with Gasteiger partial charge in [0.15, 0.2) is 5.17 Å². The number of benzene rings is 2. The van der Waals surface area contributed by atoms with Crippen molar-refractivity contribution in [2.45, 2.75) is 32.4 Å². The van der Waals surface area contributed by atoms with Crippen LogP contribution in [0.5, 0.6) is 5.75 Å². The van der Waals surface area contributed by atoms with Gasteiger partial charge in [-0.1, -0.05) is 30.0 Å². The van der Waals surface area contributed by atoms with E-state index in [1.807, 2.05) is 63.2 Å². The summed E-state index contributed by atoms with van der Waals surface area (Å²) in [5.41, 5.74) is 3.51. The molecule has 2 amide bonds. The van der Waals surface area contributed by atoms with Crippen LogP contribution in [-0.2, 0) is 9.59 Å². The highest BCUT2D eigenvalue weighted by Gasteiger charge is 2.32. The highest BCUT2D eigenvalue weighted by atomic mass is 32.2. The number of para-hydroxylation sites is 1. The summed E-state index contributed by atoms with van der Waals surface area (Å²) in [6, 6.07) is 13.2. The number of nitrogens with zero attached hydrogens (tertiary/aromatic N) is 1. The van der Waals surface area contributed by atoms with Crippen LogP contribution >= 0.6 is 11.8 Å². The molecule has 28 heavy (non-hydrogen) atoms. The van der Waals surface area contributed by atoms with E-state index >= 15 is 0 Å². The fourth-order valence-corrected chi connectivity index (χ4v) is 3.85. The van der Waals surface area contributed by atoms with E-state index in [2.05, 4.69) is 15.6 Å². The fourth-order valence-electron chi connectivity index (χ4n) is 2.86. The molecule has 1 saturated heterocycles. The van der Waals surface area contributed by atoms with E-state index in [-0.39, 0.29) is 18.2 Å². The van der Waals surface area contributed by atoms with Crippen LogP contribution in [0.1, 0.15) is 24.5 Å². The Kier molecular flexibility index (Phi) is 6.36. The van der Waals surface area contributed by atoms with Crippen LogP contribution in [0.25, 0.3) is 0 Å². The minimum Gasteiger partial charge on any atom is -0.494 e. The van der Waals surface area contributed by atoms with E-state index in [1.165, 1.54) is 11.8 Å². The third-order valence-corrected chi connectivity index (χ3v) is 5.35. The highest BCUT2D eigenvalue weighted by molar-refractivity contribution is 8.15. The number of thioether (sulfide) groups is 1. The number of rotatable bonds is 6. The summed E-state index contributed by atoms with van der Waals surface area (Å²) in [4.78, 5) is 29.1. The number of carbonyl (C=O) groups is 2. The number of aryl methyl sites for hydroxylation is 2. The number of ether oxygens (including phenoxy) is 1. The molecule has 0 unspecified atom stereocenters. The number of anilines is 1. The van der Waals surface area contributed by atoms with Crippen molar-refractivity contribution in [1.29, 1.82) is 0 Å². The predicted molar refractivity (Wildman–Crippen MR) is 113 cm³/mol. The second-order valence-corrected chi connectivity index (χ2v) is 7.65. The molecular formula is C21H23N3O3S. The van der Waals surface area contributed by atoms with Crippen LogP contribution in [0, 0.1) is 13.8 Å². The molecule has 1 aliphatic heterocycles. The third-order valence-electron chi connectivity index (χ3n) is 4.27. The summed E-state index contributed by atoms with van der Waals surface area (Å²) in [6.07, 6.45) is 0.0899. The molecule has 146 valence electrons. The Morgan fingerprint density at radius 3 is 2.50 bits per heavy atom. The van der Waals surface area contributed by atoms with Crippen molar-refractivity contribution in [1.82, 2.24) is 5.32 Å². The smallest absolute Gasteiger partial charge is 0.240 e. The molecule has 1 fully saturated rings. The normalized spacial score (nSPS) is 17.5. The standard InChI is InChI=1S/C21H23N3O3S/c1-4-27-16-10-8-15(9-11-16)22-21-24-20(26)17(28-21)12-18(25)23-19-13(2)6-5-7-14(19)3/h5-11,17H,4,12H2,1-3H3,(H,23,25)(H,22,24,26)/t17-/m1/s1. The molecular weight excluding hydrogens is 374 g/mol. The lowest BCUT2D eigenvalue weighted by Gasteiger charge is -2.12. The van der Waals surface area contributed by atoms with E-state index < -0.39 is 5.25 Å². The summed E-state index contributed by atoms with van der Waals surface area (Å²) in [5.74, 6) is 0.384. The van der Waals surface area contributed by atoms with Crippen LogP contribution in [0.3, 0.4) is 0 Å². The van der Waals surface area contributed by atoms with Gasteiger partial charge >= 0.3 is 0 Å². The zero-order valence-corrected chi connectivity index (χ0v) is 16.9. The van der Waals surface area contributed by atoms with Crippen LogP contribution in [0.15, 0.2) is 47.5 Å². The maximum absolute atomic E-state index is 12.4. The summed E-state index contributed by atoms with van der Waals surface area (Å²) in [7, 11) is 0. The van der Waals surface area contributed by atoms with Gasteiger partial charge in [-0.2, -0.15) is 0 Å². The second kappa shape index (κ2) is 8.93. The average Bonchev–Trinajstić information content (AvgIpc) is 2.99. The Morgan fingerprint density at radius 1 is 1.18 bits per heavy atom. The van der Waals surface area contributed by atoms with Crippen LogP contribution in [0.4, 0.5) is 11.4 Å². The Morgan fingerprint density at radius 2 is 1.86 bits per heavy atom. The number of aliphatic imine (C=N–C) groups is 1.